The fraction of sp³-hybridized carbons (Fsp3) is 0.158. The summed E-state index contributed by atoms with van der Waals surface area (Å²) >= 11 is 5.80. The Morgan fingerprint density at radius 2 is 1.85 bits per heavy atom. The first-order valence-corrected chi connectivity index (χ1v) is 8.38. The van der Waals surface area contributed by atoms with Crippen molar-refractivity contribution in [2.24, 2.45) is 0 Å². The molecule has 1 aromatic heterocycles. The predicted molar refractivity (Wildman–Crippen MR) is 96.9 cm³/mol. The molecule has 0 unspecified atom stereocenters. The highest BCUT2D eigenvalue weighted by Gasteiger charge is 2.30. The zero-order valence-electron chi connectivity index (χ0n) is 14.2. The highest BCUT2D eigenvalue weighted by atomic mass is 35.5. The zero-order chi connectivity index (χ0) is 19.6. The summed E-state index contributed by atoms with van der Waals surface area (Å²) in [5, 5.41) is 7.44. The molecule has 27 heavy (non-hydrogen) atoms. The van der Waals surface area contributed by atoms with Crippen molar-refractivity contribution in [3.63, 3.8) is 0 Å². The largest absolute Gasteiger partial charge is 0.416 e. The molecule has 3 rings (SSSR count). The van der Waals surface area contributed by atoms with Gasteiger partial charge in [0.15, 0.2) is 5.82 Å². The van der Waals surface area contributed by atoms with Crippen molar-refractivity contribution >= 4 is 23.3 Å². The van der Waals surface area contributed by atoms with Crippen LogP contribution in [0.15, 0.2) is 54.6 Å². The second kappa shape index (κ2) is 7.44. The topological polar surface area (TPSA) is 46.9 Å². The fourth-order valence-corrected chi connectivity index (χ4v) is 2.67. The highest BCUT2D eigenvalue weighted by molar-refractivity contribution is 6.30. The molecule has 0 radical (unpaired) electrons. The molecule has 1 heterocycles. The number of rotatable bonds is 4. The molecule has 1 amide bonds. The van der Waals surface area contributed by atoms with Crippen LogP contribution in [0.2, 0.25) is 5.02 Å². The predicted octanol–water partition coefficient (Wildman–Crippen LogP) is 5.16. The van der Waals surface area contributed by atoms with Crippen molar-refractivity contribution in [3.8, 4) is 0 Å². The Morgan fingerprint density at radius 1 is 1.15 bits per heavy atom. The first-order chi connectivity index (χ1) is 12.7. The molecule has 0 aliphatic rings. The van der Waals surface area contributed by atoms with Crippen LogP contribution in [0.4, 0.5) is 19.0 Å². The maximum atomic E-state index is 12.8. The zero-order valence-corrected chi connectivity index (χ0v) is 15.0. The van der Waals surface area contributed by atoms with Crippen molar-refractivity contribution in [2.75, 3.05) is 5.32 Å². The number of carbonyl (C=O) groups excluding carboxylic acids is 1. The van der Waals surface area contributed by atoms with Gasteiger partial charge in [-0.15, -0.1) is 0 Å². The lowest BCUT2D eigenvalue weighted by molar-refractivity contribution is -0.137. The van der Waals surface area contributed by atoms with E-state index >= 15 is 0 Å². The first-order valence-electron chi connectivity index (χ1n) is 8.00. The van der Waals surface area contributed by atoms with Gasteiger partial charge in [0.05, 0.1) is 12.1 Å². The summed E-state index contributed by atoms with van der Waals surface area (Å²) in [6, 6.07) is 13.1. The van der Waals surface area contributed by atoms with Gasteiger partial charge in [-0.1, -0.05) is 23.7 Å². The normalized spacial score (nSPS) is 11.4. The number of nitrogens with one attached hydrogen (secondary N) is 1. The minimum atomic E-state index is -4.40. The molecule has 1 N–H and O–H groups in total. The Hall–Kier alpha value is -2.80. The Labute approximate surface area is 158 Å². The highest BCUT2D eigenvalue weighted by Crippen LogP contribution is 2.29. The maximum Gasteiger partial charge on any atom is 0.416 e. The van der Waals surface area contributed by atoms with E-state index in [1.54, 1.807) is 43.3 Å². The van der Waals surface area contributed by atoms with Crippen molar-refractivity contribution < 1.29 is 18.0 Å². The van der Waals surface area contributed by atoms with E-state index in [0.717, 1.165) is 12.1 Å². The summed E-state index contributed by atoms with van der Waals surface area (Å²) in [6.45, 7) is 1.92. The Balaban J connectivity index is 1.75. The number of benzene rings is 2. The average molecular weight is 394 g/mol. The summed E-state index contributed by atoms with van der Waals surface area (Å²) in [5.74, 6) is -0.0326. The minimum Gasteiger partial charge on any atom is -0.305 e. The summed E-state index contributed by atoms with van der Waals surface area (Å²) in [5.41, 5.74) is 0.885. The molecule has 140 valence electrons. The van der Waals surface area contributed by atoms with Gasteiger partial charge in [-0.05, 0) is 48.9 Å². The van der Waals surface area contributed by atoms with Crippen molar-refractivity contribution in [2.45, 2.75) is 19.6 Å². The average Bonchev–Trinajstić information content (AvgIpc) is 2.94. The van der Waals surface area contributed by atoms with Crippen LogP contribution in [0.3, 0.4) is 0 Å². The molecule has 8 heteroatoms. The Bertz CT molecular complexity index is 965. The van der Waals surface area contributed by atoms with E-state index in [0.29, 0.717) is 27.7 Å². The van der Waals surface area contributed by atoms with E-state index < -0.39 is 11.7 Å². The number of nitrogens with zero attached hydrogens (tertiary/aromatic N) is 2. The van der Waals surface area contributed by atoms with Gasteiger partial charge in [0, 0.05) is 22.3 Å². The quantitative estimate of drug-likeness (QED) is 0.665. The number of aryl methyl sites for hydroxylation is 1. The van der Waals surface area contributed by atoms with Crippen LogP contribution in [0.25, 0.3) is 0 Å². The van der Waals surface area contributed by atoms with Gasteiger partial charge in [0.25, 0.3) is 5.91 Å². The third-order valence-corrected chi connectivity index (χ3v) is 4.17. The molecule has 0 bridgehead atoms. The van der Waals surface area contributed by atoms with Gasteiger partial charge >= 0.3 is 6.18 Å². The van der Waals surface area contributed by atoms with Crippen molar-refractivity contribution in [3.05, 3.63) is 82.0 Å². The molecule has 0 spiro atoms. The van der Waals surface area contributed by atoms with Gasteiger partial charge in [-0.3, -0.25) is 9.48 Å². The summed E-state index contributed by atoms with van der Waals surface area (Å²) < 4.78 is 40.1. The van der Waals surface area contributed by atoms with Crippen LogP contribution in [-0.4, -0.2) is 15.7 Å². The van der Waals surface area contributed by atoms with Crippen LogP contribution in [0, 0.1) is 6.92 Å². The fourth-order valence-electron chi connectivity index (χ4n) is 2.54. The second-order valence-electron chi connectivity index (χ2n) is 5.99. The Kier molecular flexibility index (Phi) is 5.23. The number of hydrogen-bond acceptors (Lipinski definition) is 2. The van der Waals surface area contributed by atoms with E-state index in [-0.39, 0.29) is 12.5 Å². The molecule has 0 saturated carbocycles. The SMILES string of the molecule is Cc1cc(NC(=O)c2ccc(Cl)cc2)nn1Cc1cccc(C(F)(F)F)c1. The Morgan fingerprint density at radius 3 is 2.52 bits per heavy atom. The molecule has 0 saturated heterocycles. The minimum absolute atomic E-state index is 0.159. The monoisotopic (exact) mass is 393 g/mol. The number of anilines is 1. The number of aromatic nitrogens is 2. The van der Waals surface area contributed by atoms with E-state index in [9.17, 15) is 18.0 Å². The number of alkyl halides is 3. The van der Waals surface area contributed by atoms with E-state index in [2.05, 4.69) is 10.4 Å². The number of hydrogen-bond donors (Lipinski definition) is 1. The smallest absolute Gasteiger partial charge is 0.305 e. The van der Waals surface area contributed by atoms with E-state index in [1.807, 2.05) is 0 Å². The molecule has 0 atom stereocenters. The number of amides is 1. The van der Waals surface area contributed by atoms with Crippen molar-refractivity contribution in [1.29, 1.82) is 0 Å². The molecule has 2 aromatic carbocycles. The summed E-state index contributed by atoms with van der Waals surface area (Å²) in [7, 11) is 0. The lowest BCUT2D eigenvalue weighted by Crippen LogP contribution is -2.13. The van der Waals surface area contributed by atoms with Gasteiger partial charge in [0.1, 0.15) is 0 Å². The molecule has 4 nitrogen and oxygen atoms in total. The van der Waals surface area contributed by atoms with Crippen LogP contribution >= 0.6 is 11.6 Å². The lowest BCUT2D eigenvalue weighted by Gasteiger charge is -2.09. The molecular weight excluding hydrogens is 379 g/mol. The van der Waals surface area contributed by atoms with E-state index in [1.165, 1.54) is 10.7 Å². The molecule has 0 fully saturated rings. The summed E-state index contributed by atoms with van der Waals surface area (Å²) in [4.78, 5) is 12.2. The van der Waals surface area contributed by atoms with Crippen molar-refractivity contribution in [1.82, 2.24) is 9.78 Å². The first kappa shape index (κ1) is 19.0. The van der Waals surface area contributed by atoms with Gasteiger partial charge in [0.2, 0.25) is 0 Å². The van der Waals surface area contributed by atoms with Crippen LogP contribution in [0.5, 0.6) is 0 Å². The third-order valence-electron chi connectivity index (χ3n) is 3.92. The second-order valence-corrected chi connectivity index (χ2v) is 6.42. The number of carbonyl (C=O) groups is 1. The molecule has 0 aliphatic heterocycles. The van der Waals surface area contributed by atoms with Gasteiger partial charge in [-0.25, -0.2) is 0 Å². The standard InChI is InChI=1S/C19H15ClF3N3O/c1-12-9-17(24-18(27)14-5-7-16(20)8-6-14)25-26(12)11-13-3-2-4-15(10-13)19(21,22)23/h2-10H,11H2,1H3,(H,24,25,27). The van der Waals surface area contributed by atoms with Crippen LogP contribution in [0.1, 0.15) is 27.2 Å². The molecular formula is C19H15ClF3N3O. The van der Waals surface area contributed by atoms with E-state index in [4.69, 9.17) is 11.6 Å². The van der Waals surface area contributed by atoms with Gasteiger partial charge < -0.3 is 5.32 Å². The third kappa shape index (κ3) is 4.68. The maximum absolute atomic E-state index is 12.8. The van der Waals surface area contributed by atoms with Gasteiger partial charge in [-0.2, -0.15) is 18.3 Å². The molecule has 0 aliphatic carbocycles. The lowest BCUT2D eigenvalue weighted by atomic mass is 10.1. The van der Waals surface area contributed by atoms with Crippen LogP contribution in [-0.2, 0) is 12.7 Å². The summed E-state index contributed by atoms with van der Waals surface area (Å²) in [6.07, 6.45) is -4.40. The number of halogens is 4. The molecule has 3 aromatic rings. The van der Waals surface area contributed by atoms with Crippen LogP contribution < -0.4 is 5.32 Å².